The highest BCUT2D eigenvalue weighted by molar-refractivity contribution is 8.00. The van der Waals surface area contributed by atoms with E-state index in [0.29, 0.717) is 12.5 Å². The van der Waals surface area contributed by atoms with Gasteiger partial charge < -0.3 is 4.74 Å². The molecule has 1 aliphatic carbocycles. The third-order valence-corrected chi connectivity index (χ3v) is 8.87. The maximum absolute atomic E-state index is 6.47. The number of fused-ring (bicyclic) bond motifs is 1. The van der Waals surface area contributed by atoms with Gasteiger partial charge in [0.05, 0.1) is 0 Å². The van der Waals surface area contributed by atoms with Crippen LogP contribution in [0.4, 0.5) is 0 Å². The Labute approximate surface area is 202 Å². The highest BCUT2D eigenvalue weighted by Gasteiger charge is 2.42. The monoisotopic (exact) mass is 464 g/mol. The second-order valence-electron chi connectivity index (χ2n) is 8.83. The Balaban J connectivity index is 1.63. The summed E-state index contributed by atoms with van der Waals surface area (Å²) in [6.07, 6.45) is 5.63. The van der Waals surface area contributed by atoms with Crippen molar-refractivity contribution in [2.75, 3.05) is 0 Å². The first-order valence-electron chi connectivity index (χ1n) is 11.8. The molecule has 2 atom stereocenters. The van der Waals surface area contributed by atoms with Crippen LogP contribution in [0.1, 0.15) is 62.3 Å². The number of aryl methyl sites for hydroxylation is 2. The smallest absolute Gasteiger partial charge is 0.120 e. The molecular weight excluding hydrogens is 432 g/mol. The molecule has 1 nitrogen and oxygen atoms in total. The van der Waals surface area contributed by atoms with Crippen LogP contribution in [0.3, 0.4) is 0 Å². The van der Waals surface area contributed by atoms with Gasteiger partial charge in [-0.3, -0.25) is 0 Å². The number of halogens is 1. The molecule has 0 amide bonds. The van der Waals surface area contributed by atoms with Gasteiger partial charge in [0.25, 0.3) is 0 Å². The number of hydrogen-bond donors (Lipinski definition) is 0. The third kappa shape index (κ3) is 4.72. The van der Waals surface area contributed by atoms with E-state index in [1.54, 1.807) is 0 Å². The van der Waals surface area contributed by atoms with Gasteiger partial charge in [0.15, 0.2) is 0 Å². The standard InChI is InChI=1S/C29H33ClOS/c1-4-18-29(32-25-11-7-6-8-12-25)21(3)14-15-23-19-24(16-17-27(23)29)31-20-26-22(5-2)10-9-13-28(26)30/h6-13,16-17,19,21H,4-5,14-15,18,20H2,1-3H3. The van der Waals surface area contributed by atoms with E-state index in [1.807, 2.05) is 12.1 Å². The Morgan fingerprint density at radius 3 is 2.59 bits per heavy atom. The number of ether oxygens (including phenoxy) is 1. The molecule has 0 aromatic heterocycles. The van der Waals surface area contributed by atoms with Crippen LogP contribution < -0.4 is 4.74 Å². The maximum Gasteiger partial charge on any atom is 0.120 e. The Bertz CT molecular complexity index is 1050. The lowest BCUT2D eigenvalue weighted by Crippen LogP contribution is -2.35. The lowest BCUT2D eigenvalue weighted by atomic mass is 9.73. The van der Waals surface area contributed by atoms with Crippen molar-refractivity contribution in [3.63, 3.8) is 0 Å². The molecule has 0 bridgehead atoms. The highest BCUT2D eigenvalue weighted by atomic mass is 35.5. The molecule has 4 rings (SSSR count). The lowest BCUT2D eigenvalue weighted by molar-refractivity contribution is 0.302. The minimum Gasteiger partial charge on any atom is -0.489 e. The zero-order valence-corrected chi connectivity index (χ0v) is 20.9. The molecule has 32 heavy (non-hydrogen) atoms. The molecule has 3 heteroatoms. The van der Waals surface area contributed by atoms with Crippen LogP contribution in [0.2, 0.25) is 5.02 Å². The summed E-state index contributed by atoms with van der Waals surface area (Å²) in [6, 6.07) is 23.8. The topological polar surface area (TPSA) is 9.23 Å². The predicted molar refractivity (Wildman–Crippen MR) is 138 cm³/mol. The fraction of sp³-hybridized carbons (Fsp3) is 0.379. The molecule has 3 aromatic rings. The van der Waals surface area contributed by atoms with Crippen molar-refractivity contribution in [3.8, 4) is 5.75 Å². The van der Waals surface area contributed by atoms with E-state index in [1.165, 1.54) is 40.8 Å². The molecular formula is C29H33ClOS. The van der Waals surface area contributed by atoms with Crippen LogP contribution in [-0.4, -0.2) is 0 Å². The Kier molecular flexibility index (Phi) is 7.53. The average Bonchev–Trinajstić information content (AvgIpc) is 2.81. The number of hydrogen-bond acceptors (Lipinski definition) is 2. The molecule has 0 spiro atoms. The highest BCUT2D eigenvalue weighted by Crippen LogP contribution is 2.55. The molecule has 0 N–H and O–H groups in total. The minimum atomic E-state index is 0.111. The molecule has 0 aliphatic heterocycles. The molecule has 3 aromatic carbocycles. The first kappa shape index (κ1) is 23.3. The first-order chi connectivity index (χ1) is 15.6. The molecule has 0 saturated heterocycles. The summed E-state index contributed by atoms with van der Waals surface area (Å²) in [7, 11) is 0. The van der Waals surface area contributed by atoms with E-state index >= 15 is 0 Å². The Morgan fingerprint density at radius 2 is 1.84 bits per heavy atom. The Morgan fingerprint density at radius 1 is 1.03 bits per heavy atom. The van der Waals surface area contributed by atoms with Crippen LogP contribution in [0.25, 0.3) is 0 Å². The van der Waals surface area contributed by atoms with Crippen LogP contribution in [0.15, 0.2) is 71.6 Å². The fourth-order valence-corrected chi connectivity index (χ4v) is 6.96. The number of benzene rings is 3. The van der Waals surface area contributed by atoms with Gasteiger partial charge in [-0.05, 0) is 78.6 Å². The quantitative estimate of drug-likeness (QED) is 0.329. The van der Waals surface area contributed by atoms with Crippen LogP contribution >= 0.6 is 23.4 Å². The van der Waals surface area contributed by atoms with Gasteiger partial charge in [0, 0.05) is 20.2 Å². The van der Waals surface area contributed by atoms with Gasteiger partial charge in [-0.15, -0.1) is 11.8 Å². The average molecular weight is 465 g/mol. The normalized spacial score (nSPS) is 20.1. The largest absolute Gasteiger partial charge is 0.489 e. The molecule has 168 valence electrons. The predicted octanol–water partition coefficient (Wildman–Crippen LogP) is 8.85. The van der Waals surface area contributed by atoms with Crippen molar-refractivity contribution in [1.82, 2.24) is 0 Å². The van der Waals surface area contributed by atoms with E-state index in [2.05, 4.69) is 87.1 Å². The van der Waals surface area contributed by atoms with Crippen molar-refractivity contribution in [2.45, 2.75) is 69.1 Å². The number of thioether (sulfide) groups is 1. The fourth-order valence-electron chi connectivity index (χ4n) is 5.06. The van der Waals surface area contributed by atoms with Crippen LogP contribution in [0, 0.1) is 5.92 Å². The molecule has 1 aliphatic rings. The zero-order valence-electron chi connectivity index (χ0n) is 19.4. The summed E-state index contributed by atoms with van der Waals surface area (Å²) in [5.74, 6) is 1.57. The van der Waals surface area contributed by atoms with Gasteiger partial charge in [0.1, 0.15) is 12.4 Å². The van der Waals surface area contributed by atoms with Gasteiger partial charge in [-0.25, -0.2) is 0 Å². The summed E-state index contributed by atoms with van der Waals surface area (Å²) in [6.45, 7) is 7.41. The number of rotatable bonds is 8. The minimum absolute atomic E-state index is 0.111. The first-order valence-corrected chi connectivity index (χ1v) is 13.0. The van der Waals surface area contributed by atoms with E-state index < -0.39 is 0 Å². The maximum atomic E-state index is 6.47. The summed E-state index contributed by atoms with van der Waals surface area (Å²) in [5, 5.41) is 0.789. The van der Waals surface area contributed by atoms with Gasteiger partial charge in [-0.1, -0.05) is 75.2 Å². The Hall–Kier alpha value is -1.90. The van der Waals surface area contributed by atoms with Crippen molar-refractivity contribution in [2.24, 2.45) is 5.92 Å². The molecule has 0 saturated carbocycles. The van der Waals surface area contributed by atoms with Gasteiger partial charge >= 0.3 is 0 Å². The van der Waals surface area contributed by atoms with Crippen LogP contribution in [-0.2, 0) is 24.2 Å². The lowest BCUT2D eigenvalue weighted by Gasteiger charge is -2.44. The SMILES string of the molecule is CCCC1(Sc2ccccc2)c2ccc(OCc3c(Cl)cccc3CC)cc2CCC1C. The van der Waals surface area contributed by atoms with E-state index in [0.717, 1.165) is 29.2 Å². The summed E-state index contributed by atoms with van der Waals surface area (Å²) in [5.41, 5.74) is 5.28. The van der Waals surface area contributed by atoms with Crippen molar-refractivity contribution >= 4 is 23.4 Å². The van der Waals surface area contributed by atoms with Gasteiger partial charge in [0.2, 0.25) is 0 Å². The van der Waals surface area contributed by atoms with Crippen molar-refractivity contribution < 1.29 is 4.74 Å². The molecule has 0 fully saturated rings. The summed E-state index contributed by atoms with van der Waals surface area (Å²) >= 11 is 8.52. The van der Waals surface area contributed by atoms with Gasteiger partial charge in [-0.2, -0.15) is 0 Å². The second kappa shape index (κ2) is 10.4. The molecule has 0 radical (unpaired) electrons. The van der Waals surface area contributed by atoms with E-state index in [-0.39, 0.29) is 4.75 Å². The zero-order chi connectivity index (χ0) is 22.6. The summed E-state index contributed by atoms with van der Waals surface area (Å²) < 4.78 is 6.37. The van der Waals surface area contributed by atoms with E-state index in [9.17, 15) is 0 Å². The molecule has 2 unspecified atom stereocenters. The van der Waals surface area contributed by atoms with Crippen molar-refractivity contribution in [3.05, 3.63) is 94.0 Å². The second-order valence-corrected chi connectivity index (χ2v) is 10.6. The van der Waals surface area contributed by atoms with Crippen LogP contribution in [0.5, 0.6) is 5.75 Å². The third-order valence-electron chi connectivity index (χ3n) is 6.82. The summed E-state index contributed by atoms with van der Waals surface area (Å²) in [4.78, 5) is 1.35. The molecule has 0 heterocycles. The van der Waals surface area contributed by atoms with Crippen molar-refractivity contribution in [1.29, 1.82) is 0 Å². The van der Waals surface area contributed by atoms with E-state index in [4.69, 9.17) is 16.3 Å².